The van der Waals surface area contributed by atoms with Crippen LogP contribution in [0.25, 0.3) is 0 Å². The van der Waals surface area contributed by atoms with Crippen LogP contribution in [0, 0.1) is 0 Å². The minimum atomic E-state index is -1.21. The zero-order chi connectivity index (χ0) is 30.2. The molecular weight excluding hydrogens is 528 g/mol. The summed E-state index contributed by atoms with van der Waals surface area (Å²) in [6, 6.07) is 12.8. The van der Waals surface area contributed by atoms with Gasteiger partial charge in [-0.1, -0.05) is 36.4 Å². The first kappa shape index (κ1) is 31.1. The minimum absolute atomic E-state index is 0.101. The van der Waals surface area contributed by atoms with Crippen LogP contribution in [0.3, 0.4) is 0 Å². The van der Waals surface area contributed by atoms with Crippen LogP contribution in [-0.4, -0.2) is 78.7 Å². The average Bonchev–Trinajstić information content (AvgIpc) is 3.39. The van der Waals surface area contributed by atoms with Gasteiger partial charge < -0.3 is 40.0 Å². The molecule has 0 saturated heterocycles. The van der Waals surface area contributed by atoms with E-state index in [1.165, 1.54) is 31.6 Å². The highest BCUT2D eigenvalue weighted by atomic mass is 16.5. The zero-order valence-electron chi connectivity index (χ0n) is 24.2. The first-order valence-electron chi connectivity index (χ1n) is 12.9. The van der Waals surface area contributed by atoms with Gasteiger partial charge in [-0.25, -0.2) is 4.98 Å². The molecule has 220 valence electrons. The van der Waals surface area contributed by atoms with E-state index >= 15 is 0 Å². The fraction of sp³-hybridized carbons (Fsp3) is 0.379. The number of hydrogen-bond acceptors (Lipinski definition) is 8. The SMILES string of the molecule is COc1ccc(C(C(=O)N(C)C)n2cnc(NC(=O)C(COCc3ccccc3)NC(=O)C(C)(C)N)c2)cc1OC. The zero-order valence-corrected chi connectivity index (χ0v) is 24.2. The predicted molar refractivity (Wildman–Crippen MR) is 154 cm³/mol. The summed E-state index contributed by atoms with van der Waals surface area (Å²) in [5, 5.41) is 5.36. The van der Waals surface area contributed by atoms with E-state index in [2.05, 4.69) is 15.6 Å². The smallest absolute Gasteiger partial charge is 0.250 e. The number of likely N-dealkylation sites (N-methyl/N-ethyl adjacent to an activating group) is 1. The lowest BCUT2D eigenvalue weighted by molar-refractivity contribution is -0.131. The van der Waals surface area contributed by atoms with Crippen molar-refractivity contribution in [3.63, 3.8) is 0 Å². The molecule has 3 rings (SSSR count). The molecule has 41 heavy (non-hydrogen) atoms. The maximum absolute atomic E-state index is 13.3. The number of benzene rings is 2. The van der Waals surface area contributed by atoms with E-state index in [0.29, 0.717) is 17.1 Å². The standard InChI is InChI=1S/C29H38N6O6/c1-29(2,30)28(38)32-21(17-41-16-19-10-8-7-9-11-19)26(36)33-24-15-35(18-31-24)25(27(37)34(3)4)20-12-13-22(39-5)23(14-20)40-6/h7-15,18,21,25H,16-17,30H2,1-6H3,(H,32,38)(H,33,36). The molecule has 0 bridgehead atoms. The molecular formula is C29H38N6O6. The molecule has 2 atom stereocenters. The van der Waals surface area contributed by atoms with E-state index in [1.54, 1.807) is 50.7 Å². The van der Waals surface area contributed by atoms with Crippen LogP contribution in [-0.2, 0) is 25.7 Å². The van der Waals surface area contributed by atoms with Gasteiger partial charge in [0.05, 0.1) is 39.3 Å². The number of ether oxygens (including phenoxy) is 3. The summed E-state index contributed by atoms with van der Waals surface area (Å²) in [6.07, 6.45) is 2.98. The molecule has 1 aromatic heterocycles. The second-order valence-corrected chi connectivity index (χ2v) is 10.2. The number of carbonyl (C=O) groups excluding carboxylic acids is 3. The average molecular weight is 567 g/mol. The van der Waals surface area contributed by atoms with Crippen molar-refractivity contribution in [2.45, 2.75) is 38.1 Å². The summed E-state index contributed by atoms with van der Waals surface area (Å²) in [5.41, 5.74) is 6.27. The van der Waals surface area contributed by atoms with Crippen LogP contribution in [0.15, 0.2) is 61.1 Å². The second-order valence-electron chi connectivity index (χ2n) is 10.2. The quantitative estimate of drug-likeness (QED) is 0.284. The summed E-state index contributed by atoms with van der Waals surface area (Å²) in [5.74, 6) is -0.126. The van der Waals surface area contributed by atoms with Gasteiger partial charge in [-0.15, -0.1) is 0 Å². The van der Waals surface area contributed by atoms with E-state index in [4.69, 9.17) is 19.9 Å². The van der Waals surface area contributed by atoms with Gasteiger partial charge in [0, 0.05) is 20.3 Å². The highest BCUT2D eigenvalue weighted by molar-refractivity contribution is 5.98. The predicted octanol–water partition coefficient (Wildman–Crippen LogP) is 1.96. The van der Waals surface area contributed by atoms with Crippen LogP contribution in [0.4, 0.5) is 5.82 Å². The molecule has 2 aromatic carbocycles. The first-order chi connectivity index (χ1) is 19.4. The van der Waals surface area contributed by atoms with E-state index in [-0.39, 0.29) is 24.9 Å². The van der Waals surface area contributed by atoms with Crippen molar-refractivity contribution in [1.29, 1.82) is 0 Å². The highest BCUT2D eigenvalue weighted by Gasteiger charge is 2.30. The van der Waals surface area contributed by atoms with Gasteiger partial charge in [-0.3, -0.25) is 14.4 Å². The van der Waals surface area contributed by atoms with Gasteiger partial charge in [-0.2, -0.15) is 0 Å². The van der Waals surface area contributed by atoms with Crippen molar-refractivity contribution in [2.24, 2.45) is 5.73 Å². The summed E-state index contributed by atoms with van der Waals surface area (Å²) >= 11 is 0. The molecule has 12 nitrogen and oxygen atoms in total. The van der Waals surface area contributed by atoms with Crippen molar-refractivity contribution in [3.8, 4) is 11.5 Å². The Balaban J connectivity index is 1.82. The third kappa shape index (κ3) is 8.29. The molecule has 2 unspecified atom stereocenters. The molecule has 0 spiro atoms. The van der Waals surface area contributed by atoms with Gasteiger partial charge in [0.2, 0.25) is 11.8 Å². The van der Waals surface area contributed by atoms with Crippen molar-refractivity contribution in [3.05, 3.63) is 72.2 Å². The molecule has 1 heterocycles. The lowest BCUT2D eigenvalue weighted by Crippen LogP contribution is -2.56. The van der Waals surface area contributed by atoms with Gasteiger partial charge in [-0.05, 0) is 37.1 Å². The number of imidazole rings is 1. The number of methoxy groups -OCH3 is 2. The summed E-state index contributed by atoms with van der Waals surface area (Å²) in [7, 11) is 6.34. The van der Waals surface area contributed by atoms with Gasteiger partial charge in [0.15, 0.2) is 17.3 Å². The first-order valence-corrected chi connectivity index (χ1v) is 12.9. The van der Waals surface area contributed by atoms with Gasteiger partial charge in [0.25, 0.3) is 5.91 Å². The van der Waals surface area contributed by atoms with Crippen LogP contribution >= 0.6 is 0 Å². The maximum atomic E-state index is 13.3. The minimum Gasteiger partial charge on any atom is -0.493 e. The largest absolute Gasteiger partial charge is 0.493 e. The molecule has 0 saturated carbocycles. The second kappa shape index (κ2) is 13.8. The number of aromatic nitrogens is 2. The van der Waals surface area contributed by atoms with Crippen molar-refractivity contribution >= 4 is 23.5 Å². The topological polar surface area (TPSA) is 150 Å². The Morgan fingerprint density at radius 3 is 2.34 bits per heavy atom. The molecule has 0 fully saturated rings. The number of nitrogens with two attached hydrogens (primary N) is 1. The molecule has 12 heteroatoms. The number of amides is 3. The van der Waals surface area contributed by atoms with Gasteiger partial charge >= 0.3 is 0 Å². The maximum Gasteiger partial charge on any atom is 0.250 e. The number of nitrogens with one attached hydrogen (secondary N) is 2. The number of nitrogens with zero attached hydrogens (tertiary/aromatic N) is 3. The fourth-order valence-corrected chi connectivity index (χ4v) is 3.86. The summed E-state index contributed by atoms with van der Waals surface area (Å²) in [6.45, 7) is 3.23. The summed E-state index contributed by atoms with van der Waals surface area (Å²) in [4.78, 5) is 44.8. The molecule has 0 aliphatic carbocycles. The van der Waals surface area contributed by atoms with Crippen LogP contribution in [0.2, 0.25) is 0 Å². The van der Waals surface area contributed by atoms with Crippen molar-refractivity contribution in [2.75, 3.05) is 40.2 Å². The van der Waals surface area contributed by atoms with Gasteiger partial charge in [0.1, 0.15) is 12.1 Å². The summed E-state index contributed by atoms with van der Waals surface area (Å²) < 4.78 is 18.1. The fourth-order valence-electron chi connectivity index (χ4n) is 3.86. The van der Waals surface area contributed by atoms with E-state index < -0.39 is 29.4 Å². The Hall–Kier alpha value is -4.42. The van der Waals surface area contributed by atoms with Crippen LogP contribution in [0.1, 0.15) is 31.0 Å². The molecule has 3 aromatic rings. The Labute approximate surface area is 239 Å². The van der Waals surface area contributed by atoms with Crippen LogP contribution < -0.4 is 25.8 Å². The Bertz CT molecular complexity index is 1340. The third-order valence-electron chi connectivity index (χ3n) is 6.15. The number of carbonyl (C=O) groups is 3. The lowest BCUT2D eigenvalue weighted by atomic mass is 10.0. The molecule has 0 aliphatic rings. The monoisotopic (exact) mass is 566 g/mol. The third-order valence-corrected chi connectivity index (χ3v) is 6.15. The number of anilines is 1. The van der Waals surface area contributed by atoms with E-state index in [1.807, 2.05) is 30.3 Å². The van der Waals surface area contributed by atoms with Crippen molar-refractivity contribution < 1.29 is 28.6 Å². The number of rotatable bonds is 13. The Morgan fingerprint density at radius 2 is 1.73 bits per heavy atom. The molecule has 0 aliphatic heterocycles. The molecule has 0 radical (unpaired) electrons. The van der Waals surface area contributed by atoms with Crippen molar-refractivity contribution in [1.82, 2.24) is 19.8 Å². The van der Waals surface area contributed by atoms with Crippen LogP contribution in [0.5, 0.6) is 11.5 Å². The molecule has 4 N–H and O–H groups in total. The normalized spacial score (nSPS) is 12.7. The Morgan fingerprint density at radius 1 is 1.05 bits per heavy atom. The molecule has 3 amide bonds. The Kier molecular flexibility index (Phi) is 10.5. The lowest BCUT2D eigenvalue weighted by Gasteiger charge is -2.24. The van der Waals surface area contributed by atoms with E-state index in [0.717, 1.165) is 5.56 Å². The number of hydrogen-bond donors (Lipinski definition) is 3. The van der Waals surface area contributed by atoms with E-state index in [9.17, 15) is 14.4 Å². The highest BCUT2D eigenvalue weighted by Crippen LogP contribution is 2.32.